The number of ether oxygens (including phenoxy) is 1. The standard InChI is InChI=1S/C17H30O3/c1-5-7-8-9-12-17(15(18)20-4)13-11-14(10-6-2)16(17,3)19/h7-8,14,19H,5-6,9-13H2,1-4H3/b8-7-/t14-,16+,17+/m0/s1. The zero-order valence-electron chi connectivity index (χ0n) is 13.4. The fraction of sp³-hybridized carbons (Fsp3) is 0.824. The van der Waals surface area contributed by atoms with E-state index in [9.17, 15) is 9.90 Å². The molecule has 0 bridgehead atoms. The van der Waals surface area contributed by atoms with Crippen LogP contribution in [-0.2, 0) is 9.53 Å². The Balaban J connectivity index is 2.94. The molecule has 1 N–H and O–H groups in total. The van der Waals surface area contributed by atoms with Gasteiger partial charge in [0.2, 0.25) is 0 Å². The molecule has 0 aliphatic heterocycles. The molecule has 3 atom stereocenters. The summed E-state index contributed by atoms with van der Waals surface area (Å²) < 4.78 is 5.03. The minimum Gasteiger partial charge on any atom is -0.469 e. The number of carbonyl (C=O) groups is 1. The van der Waals surface area contributed by atoms with Crippen molar-refractivity contribution in [1.29, 1.82) is 0 Å². The van der Waals surface area contributed by atoms with Crippen LogP contribution >= 0.6 is 0 Å². The van der Waals surface area contributed by atoms with Gasteiger partial charge < -0.3 is 9.84 Å². The van der Waals surface area contributed by atoms with Crippen LogP contribution in [0.5, 0.6) is 0 Å². The number of aliphatic hydroxyl groups is 1. The monoisotopic (exact) mass is 282 g/mol. The van der Waals surface area contributed by atoms with Gasteiger partial charge in [-0.3, -0.25) is 4.79 Å². The Hall–Kier alpha value is -0.830. The highest BCUT2D eigenvalue weighted by molar-refractivity contribution is 5.79. The molecule has 0 aromatic carbocycles. The van der Waals surface area contributed by atoms with Crippen LogP contribution in [0.2, 0.25) is 0 Å². The zero-order valence-corrected chi connectivity index (χ0v) is 13.4. The van der Waals surface area contributed by atoms with Gasteiger partial charge in [0, 0.05) is 0 Å². The first kappa shape index (κ1) is 17.2. The van der Waals surface area contributed by atoms with Crippen molar-refractivity contribution >= 4 is 5.97 Å². The van der Waals surface area contributed by atoms with Crippen molar-refractivity contribution in [1.82, 2.24) is 0 Å². The highest BCUT2D eigenvalue weighted by atomic mass is 16.5. The Morgan fingerprint density at radius 3 is 2.65 bits per heavy atom. The second kappa shape index (κ2) is 7.26. The molecule has 0 amide bonds. The lowest BCUT2D eigenvalue weighted by molar-refractivity contribution is -0.171. The van der Waals surface area contributed by atoms with E-state index < -0.39 is 11.0 Å². The summed E-state index contributed by atoms with van der Waals surface area (Å²) in [5, 5.41) is 11.0. The maximum atomic E-state index is 12.4. The minimum absolute atomic E-state index is 0.196. The summed E-state index contributed by atoms with van der Waals surface area (Å²) >= 11 is 0. The van der Waals surface area contributed by atoms with Gasteiger partial charge in [-0.1, -0.05) is 32.4 Å². The molecule has 0 aromatic heterocycles. The summed E-state index contributed by atoms with van der Waals surface area (Å²) in [5.74, 6) is -0.0484. The molecule has 0 unspecified atom stereocenters. The predicted molar refractivity (Wildman–Crippen MR) is 81.4 cm³/mol. The van der Waals surface area contributed by atoms with E-state index in [1.165, 1.54) is 7.11 Å². The Morgan fingerprint density at radius 1 is 1.40 bits per heavy atom. The van der Waals surface area contributed by atoms with E-state index >= 15 is 0 Å². The highest BCUT2D eigenvalue weighted by Crippen LogP contribution is 2.54. The fourth-order valence-corrected chi connectivity index (χ4v) is 3.72. The third-order valence-corrected chi connectivity index (χ3v) is 5.04. The third-order valence-electron chi connectivity index (χ3n) is 5.04. The van der Waals surface area contributed by atoms with Crippen molar-refractivity contribution in [2.45, 2.75) is 71.3 Å². The number of allylic oxidation sites excluding steroid dienone is 2. The molecule has 0 spiro atoms. The van der Waals surface area contributed by atoms with Gasteiger partial charge in [-0.2, -0.15) is 0 Å². The Bertz CT molecular complexity index is 346. The molecule has 1 rings (SSSR count). The largest absolute Gasteiger partial charge is 0.469 e. The van der Waals surface area contributed by atoms with Gasteiger partial charge in [-0.05, 0) is 51.4 Å². The van der Waals surface area contributed by atoms with E-state index in [1.807, 2.05) is 6.92 Å². The van der Waals surface area contributed by atoms with Crippen LogP contribution in [0.4, 0.5) is 0 Å². The molecule has 1 aliphatic rings. The molecule has 0 aromatic rings. The maximum Gasteiger partial charge on any atom is 0.314 e. The second-order valence-corrected chi connectivity index (χ2v) is 6.16. The van der Waals surface area contributed by atoms with Crippen LogP contribution in [-0.4, -0.2) is 23.8 Å². The van der Waals surface area contributed by atoms with Crippen molar-refractivity contribution in [3.63, 3.8) is 0 Å². The van der Waals surface area contributed by atoms with Crippen molar-refractivity contribution in [3.05, 3.63) is 12.2 Å². The smallest absolute Gasteiger partial charge is 0.314 e. The zero-order chi connectivity index (χ0) is 15.2. The number of carbonyl (C=O) groups excluding carboxylic acids is 1. The first-order valence-corrected chi connectivity index (χ1v) is 7.92. The summed E-state index contributed by atoms with van der Waals surface area (Å²) in [6.45, 7) is 6.05. The quantitative estimate of drug-likeness (QED) is 0.570. The second-order valence-electron chi connectivity index (χ2n) is 6.16. The van der Waals surface area contributed by atoms with Gasteiger partial charge >= 0.3 is 5.97 Å². The van der Waals surface area contributed by atoms with Crippen LogP contribution in [0.15, 0.2) is 12.2 Å². The molecule has 0 radical (unpaired) electrons. The summed E-state index contributed by atoms with van der Waals surface area (Å²) in [4.78, 5) is 12.4. The van der Waals surface area contributed by atoms with Crippen LogP contribution in [0, 0.1) is 11.3 Å². The lowest BCUT2D eigenvalue weighted by Gasteiger charge is -2.40. The lowest BCUT2D eigenvalue weighted by atomic mass is 9.69. The Kier molecular flexibility index (Phi) is 6.25. The minimum atomic E-state index is -0.962. The van der Waals surface area contributed by atoms with E-state index in [4.69, 9.17) is 4.74 Å². The molecule has 3 heteroatoms. The maximum absolute atomic E-state index is 12.4. The summed E-state index contributed by atoms with van der Waals surface area (Å²) in [6, 6.07) is 0. The average Bonchev–Trinajstić information content (AvgIpc) is 2.68. The normalized spacial score (nSPS) is 33.8. The summed E-state index contributed by atoms with van der Waals surface area (Å²) in [5.41, 5.74) is -1.70. The van der Waals surface area contributed by atoms with E-state index in [2.05, 4.69) is 26.0 Å². The molecule has 0 heterocycles. The van der Waals surface area contributed by atoms with E-state index in [0.717, 1.165) is 38.5 Å². The van der Waals surface area contributed by atoms with Gasteiger partial charge in [0.05, 0.1) is 18.1 Å². The highest BCUT2D eigenvalue weighted by Gasteiger charge is 2.60. The predicted octanol–water partition coefficient (Wildman–Crippen LogP) is 3.85. The van der Waals surface area contributed by atoms with Crippen molar-refractivity contribution in [3.8, 4) is 0 Å². The number of rotatable bonds is 7. The summed E-state index contributed by atoms with van der Waals surface area (Å²) in [6.07, 6.45) is 10.3. The van der Waals surface area contributed by atoms with Crippen LogP contribution in [0.1, 0.15) is 65.7 Å². The molecule has 1 fully saturated rings. The van der Waals surface area contributed by atoms with Gasteiger partial charge in [-0.15, -0.1) is 0 Å². The molecule has 20 heavy (non-hydrogen) atoms. The Morgan fingerprint density at radius 2 is 2.10 bits per heavy atom. The van der Waals surface area contributed by atoms with Crippen LogP contribution in [0.25, 0.3) is 0 Å². The molecule has 1 saturated carbocycles. The number of methoxy groups -OCH3 is 1. The van der Waals surface area contributed by atoms with Crippen molar-refractivity contribution < 1.29 is 14.6 Å². The first-order chi connectivity index (χ1) is 9.46. The molecular weight excluding hydrogens is 252 g/mol. The first-order valence-electron chi connectivity index (χ1n) is 7.92. The molecule has 116 valence electrons. The molecule has 1 aliphatic carbocycles. The van der Waals surface area contributed by atoms with Crippen LogP contribution in [0.3, 0.4) is 0 Å². The average molecular weight is 282 g/mol. The molecule has 3 nitrogen and oxygen atoms in total. The molecular formula is C17H30O3. The lowest BCUT2D eigenvalue weighted by Crippen LogP contribution is -2.51. The topological polar surface area (TPSA) is 46.5 Å². The van der Waals surface area contributed by atoms with E-state index in [1.54, 1.807) is 0 Å². The number of hydrogen-bond acceptors (Lipinski definition) is 3. The third kappa shape index (κ3) is 3.08. The van der Waals surface area contributed by atoms with Crippen molar-refractivity contribution in [2.75, 3.05) is 7.11 Å². The van der Waals surface area contributed by atoms with Gasteiger partial charge in [0.1, 0.15) is 0 Å². The van der Waals surface area contributed by atoms with Gasteiger partial charge in [0.15, 0.2) is 0 Å². The number of hydrogen-bond donors (Lipinski definition) is 1. The molecule has 0 saturated heterocycles. The van der Waals surface area contributed by atoms with Gasteiger partial charge in [-0.25, -0.2) is 0 Å². The van der Waals surface area contributed by atoms with Gasteiger partial charge in [0.25, 0.3) is 0 Å². The van der Waals surface area contributed by atoms with E-state index in [0.29, 0.717) is 6.42 Å². The van der Waals surface area contributed by atoms with E-state index in [-0.39, 0.29) is 11.9 Å². The number of esters is 1. The fourth-order valence-electron chi connectivity index (χ4n) is 3.72. The Labute approximate surface area is 123 Å². The summed E-state index contributed by atoms with van der Waals surface area (Å²) in [7, 11) is 1.43. The SMILES string of the molecule is CC/C=C\CC[C@]1(C(=O)OC)CC[C@H](CCC)[C@@]1(C)O. The van der Waals surface area contributed by atoms with Crippen LogP contribution < -0.4 is 0 Å². The van der Waals surface area contributed by atoms with Crippen molar-refractivity contribution in [2.24, 2.45) is 11.3 Å².